The summed E-state index contributed by atoms with van der Waals surface area (Å²) in [5.74, 6) is -0.166. The van der Waals surface area contributed by atoms with E-state index in [0.717, 1.165) is 22.9 Å². The Morgan fingerprint density at radius 3 is 2.78 bits per heavy atom. The first kappa shape index (κ1) is 13.7. The Morgan fingerprint density at radius 2 is 2.17 bits per heavy atom. The minimum Gasteiger partial charge on any atom is -0.316 e. The summed E-state index contributed by atoms with van der Waals surface area (Å²) in [5, 5.41) is 5.38. The summed E-state index contributed by atoms with van der Waals surface area (Å²) in [4.78, 5) is 1.33. The molecule has 0 aliphatic carbocycles. The summed E-state index contributed by atoms with van der Waals surface area (Å²) >= 11 is 5.21. The van der Waals surface area contributed by atoms with Crippen molar-refractivity contribution >= 4 is 27.3 Å². The van der Waals surface area contributed by atoms with Gasteiger partial charge in [-0.05, 0) is 59.6 Å². The molecule has 1 aromatic heterocycles. The summed E-state index contributed by atoms with van der Waals surface area (Å²) < 4.78 is 14.3. The summed E-state index contributed by atoms with van der Waals surface area (Å²) in [6.07, 6.45) is 1.80. The molecule has 0 aliphatic heterocycles. The van der Waals surface area contributed by atoms with E-state index < -0.39 is 0 Å². The Morgan fingerprint density at radius 1 is 1.33 bits per heavy atom. The van der Waals surface area contributed by atoms with Crippen LogP contribution in [0.15, 0.2) is 40.2 Å². The molecule has 0 spiro atoms. The maximum atomic E-state index is 13.1. The number of halogens is 2. The molecule has 0 amide bonds. The smallest absolute Gasteiger partial charge is 0.123 e. The summed E-state index contributed by atoms with van der Waals surface area (Å²) in [5.41, 5.74) is 1.03. The van der Waals surface area contributed by atoms with Gasteiger partial charge in [0.2, 0.25) is 0 Å². The number of hydrogen-bond donors (Lipinski definition) is 1. The Bertz CT molecular complexity index is 512. The predicted molar refractivity (Wildman–Crippen MR) is 78.7 cm³/mol. The molecule has 0 bridgehead atoms. The summed E-state index contributed by atoms with van der Waals surface area (Å²) in [6.45, 7) is 0. The molecular weight excluding hydrogens is 313 g/mol. The summed E-state index contributed by atoms with van der Waals surface area (Å²) in [6, 6.07) is 9.29. The van der Waals surface area contributed by atoms with Crippen LogP contribution in [-0.2, 0) is 12.8 Å². The first-order chi connectivity index (χ1) is 8.67. The minimum absolute atomic E-state index is 0.166. The van der Waals surface area contributed by atoms with Crippen LogP contribution in [0.25, 0.3) is 0 Å². The Kier molecular flexibility index (Phi) is 4.92. The average Bonchev–Trinajstić information content (AvgIpc) is 2.74. The van der Waals surface area contributed by atoms with Crippen LogP contribution < -0.4 is 5.32 Å². The zero-order chi connectivity index (χ0) is 13.0. The van der Waals surface area contributed by atoms with E-state index in [-0.39, 0.29) is 5.82 Å². The van der Waals surface area contributed by atoms with Gasteiger partial charge in [-0.3, -0.25) is 0 Å². The van der Waals surface area contributed by atoms with Gasteiger partial charge in [-0.1, -0.05) is 12.1 Å². The third-order valence-electron chi connectivity index (χ3n) is 2.85. The first-order valence-electron chi connectivity index (χ1n) is 5.82. The number of likely N-dealkylation sites (N-methyl/N-ethyl adjacent to an activating group) is 1. The molecule has 0 radical (unpaired) electrons. The second-order valence-corrected chi connectivity index (χ2v) is 6.17. The predicted octanol–water partition coefficient (Wildman–Crippen LogP) is 4.02. The molecule has 1 unspecified atom stereocenters. The van der Waals surface area contributed by atoms with E-state index in [1.807, 2.05) is 13.1 Å². The van der Waals surface area contributed by atoms with Crippen LogP contribution in [0.4, 0.5) is 4.39 Å². The molecule has 4 heteroatoms. The van der Waals surface area contributed by atoms with Gasteiger partial charge in [0.05, 0.1) is 0 Å². The largest absolute Gasteiger partial charge is 0.316 e. The lowest BCUT2D eigenvalue weighted by Crippen LogP contribution is -2.29. The fourth-order valence-corrected chi connectivity index (χ4v) is 3.46. The molecule has 1 atom stereocenters. The molecule has 1 N–H and O–H groups in total. The lowest BCUT2D eigenvalue weighted by Gasteiger charge is -2.15. The number of benzene rings is 1. The second kappa shape index (κ2) is 6.45. The highest BCUT2D eigenvalue weighted by Crippen LogP contribution is 2.21. The van der Waals surface area contributed by atoms with Gasteiger partial charge in [-0.25, -0.2) is 4.39 Å². The number of hydrogen-bond acceptors (Lipinski definition) is 2. The SMILES string of the molecule is CNC(Cc1cccc(F)c1)Cc1cc(Br)cs1. The molecule has 0 fully saturated rings. The van der Waals surface area contributed by atoms with Crippen LogP contribution in [-0.4, -0.2) is 13.1 Å². The molecule has 1 heterocycles. The van der Waals surface area contributed by atoms with Crippen LogP contribution in [0.3, 0.4) is 0 Å². The van der Waals surface area contributed by atoms with Gasteiger partial charge < -0.3 is 5.32 Å². The topological polar surface area (TPSA) is 12.0 Å². The first-order valence-corrected chi connectivity index (χ1v) is 7.49. The molecule has 0 aliphatic rings. The van der Waals surface area contributed by atoms with Crippen molar-refractivity contribution in [1.82, 2.24) is 5.32 Å². The fourth-order valence-electron chi connectivity index (χ4n) is 1.93. The van der Waals surface area contributed by atoms with Gasteiger partial charge in [0.1, 0.15) is 5.82 Å². The molecule has 0 saturated carbocycles. The third-order valence-corrected chi connectivity index (χ3v) is 4.57. The van der Waals surface area contributed by atoms with Crippen molar-refractivity contribution in [3.63, 3.8) is 0 Å². The molecule has 96 valence electrons. The van der Waals surface area contributed by atoms with Crippen LogP contribution in [0.5, 0.6) is 0 Å². The lowest BCUT2D eigenvalue weighted by molar-refractivity contribution is 0.556. The van der Waals surface area contributed by atoms with Gasteiger partial charge in [0, 0.05) is 20.8 Å². The van der Waals surface area contributed by atoms with Crippen molar-refractivity contribution in [2.75, 3.05) is 7.05 Å². The van der Waals surface area contributed by atoms with Crippen LogP contribution in [0, 0.1) is 5.82 Å². The maximum absolute atomic E-state index is 13.1. The maximum Gasteiger partial charge on any atom is 0.123 e. The minimum atomic E-state index is -0.166. The molecule has 18 heavy (non-hydrogen) atoms. The zero-order valence-electron chi connectivity index (χ0n) is 10.1. The van der Waals surface area contributed by atoms with E-state index in [4.69, 9.17) is 0 Å². The fraction of sp³-hybridized carbons (Fsp3) is 0.286. The molecule has 2 aromatic rings. The van der Waals surface area contributed by atoms with E-state index >= 15 is 0 Å². The highest BCUT2D eigenvalue weighted by molar-refractivity contribution is 9.10. The van der Waals surface area contributed by atoms with Gasteiger partial charge in [0.25, 0.3) is 0 Å². The van der Waals surface area contributed by atoms with Gasteiger partial charge in [-0.2, -0.15) is 0 Å². The van der Waals surface area contributed by atoms with Crippen molar-refractivity contribution in [2.24, 2.45) is 0 Å². The zero-order valence-corrected chi connectivity index (χ0v) is 12.5. The Labute approximate surface area is 119 Å². The van der Waals surface area contributed by atoms with Crippen molar-refractivity contribution in [1.29, 1.82) is 0 Å². The molecular formula is C14H15BrFNS. The molecule has 2 rings (SSSR count). The van der Waals surface area contributed by atoms with Crippen LogP contribution in [0.1, 0.15) is 10.4 Å². The van der Waals surface area contributed by atoms with E-state index in [9.17, 15) is 4.39 Å². The van der Waals surface area contributed by atoms with Gasteiger partial charge in [-0.15, -0.1) is 11.3 Å². The normalized spacial score (nSPS) is 12.6. The highest BCUT2D eigenvalue weighted by Gasteiger charge is 2.10. The Hall–Kier alpha value is -0.710. The van der Waals surface area contributed by atoms with Crippen LogP contribution in [0.2, 0.25) is 0 Å². The quantitative estimate of drug-likeness (QED) is 0.874. The average molecular weight is 328 g/mol. The van der Waals surface area contributed by atoms with E-state index in [1.54, 1.807) is 23.5 Å². The summed E-state index contributed by atoms with van der Waals surface area (Å²) in [7, 11) is 1.95. The molecule has 1 aromatic carbocycles. The van der Waals surface area contributed by atoms with Crippen molar-refractivity contribution in [3.05, 3.63) is 56.4 Å². The molecule has 0 saturated heterocycles. The van der Waals surface area contributed by atoms with Crippen LogP contribution >= 0.6 is 27.3 Å². The number of thiophene rings is 1. The van der Waals surface area contributed by atoms with Crippen molar-refractivity contribution in [3.8, 4) is 0 Å². The van der Waals surface area contributed by atoms with E-state index in [0.29, 0.717) is 6.04 Å². The second-order valence-electron chi connectivity index (χ2n) is 4.26. The third kappa shape index (κ3) is 3.90. The van der Waals surface area contributed by atoms with E-state index in [1.165, 1.54) is 10.9 Å². The molecule has 1 nitrogen and oxygen atoms in total. The monoisotopic (exact) mass is 327 g/mol. The van der Waals surface area contributed by atoms with Crippen molar-refractivity contribution < 1.29 is 4.39 Å². The van der Waals surface area contributed by atoms with Gasteiger partial charge >= 0.3 is 0 Å². The highest BCUT2D eigenvalue weighted by atomic mass is 79.9. The number of nitrogens with one attached hydrogen (secondary N) is 1. The number of rotatable bonds is 5. The van der Waals surface area contributed by atoms with Gasteiger partial charge in [0.15, 0.2) is 0 Å². The lowest BCUT2D eigenvalue weighted by atomic mass is 10.0. The standard InChI is InChI=1S/C14H15BrFNS/c1-17-13(8-14-7-11(15)9-18-14)6-10-3-2-4-12(16)5-10/h2-5,7,9,13,17H,6,8H2,1H3. The van der Waals surface area contributed by atoms with E-state index in [2.05, 4.69) is 32.7 Å². The Balaban J connectivity index is 2.01. The van der Waals surface area contributed by atoms with Crippen molar-refractivity contribution in [2.45, 2.75) is 18.9 Å².